The Bertz CT molecular complexity index is 1010. The van der Waals surface area contributed by atoms with Crippen LogP contribution in [0.2, 0.25) is 5.02 Å². The first kappa shape index (κ1) is 19.0. The quantitative estimate of drug-likeness (QED) is 0.655. The number of nitrogens with zero attached hydrogens (tertiary/aromatic N) is 3. The smallest absolute Gasteiger partial charge is 0.271 e. The van der Waals surface area contributed by atoms with E-state index in [9.17, 15) is 4.79 Å². The molecule has 1 fully saturated rings. The van der Waals surface area contributed by atoms with Gasteiger partial charge in [0, 0.05) is 54.7 Å². The molecule has 0 aliphatic carbocycles. The van der Waals surface area contributed by atoms with Gasteiger partial charge in [0.2, 0.25) is 0 Å². The molecule has 1 amide bonds. The Balaban J connectivity index is 1.91. The maximum atomic E-state index is 13.6. The number of hydrogen-bond donors (Lipinski definition) is 0. The van der Waals surface area contributed by atoms with Crippen LogP contribution in [0.4, 0.5) is 0 Å². The molecule has 0 unspecified atom stereocenters. The second-order valence-corrected chi connectivity index (χ2v) is 8.03. The van der Waals surface area contributed by atoms with E-state index in [1.165, 1.54) is 5.56 Å². The summed E-state index contributed by atoms with van der Waals surface area (Å²) in [6, 6.07) is 14.3. The monoisotopic (exact) mass is 395 g/mol. The van der Waals surface area contributed by atoms with Gasteiger partial charge in [-0.05, 0) is 48.9 Å². The summed E-state index contributed by atoms with van der Waals surface area (Å²) in [5.74, 6) is 0.106. The summed E-state index contributed by atoms with van der Waals surface area (Å²) in [5.41, 5.74) is 5.15. The average molecular weight is 396 g/mol. The highest BCUT2D eigenvalue weighted by atomic mass is 35.5. The van der Waals surface area contributed by atoms with Crippen LogP contribution < -0.4 is 0 Å². The highest BCUT2D eigenvalue weighted by Gasteiger charge is 2.28. The SMILES string of the molecule is CCc1ccc2c(c1)c(-c1ccc(Cl)cc1)c(C(=O)N1CCN(C)CC1)n2C. The third kappa shape index (κ3) is 3.31. The molecule has 5 heteroatoms. The number of aromatic nitrogens is 1. The molecule has 1 aromatic heterocycles. The number of rotatable bonds is 3. The third-order valence-corrected chi connectivity index (χ3v) is 6.05. The van der Waals surface area contributed by atoms with Gasteiger partial charge >= 0.3 is 0 Å². The van der Waals surface area contributed by atoms with Crippen LogP contribution in [0.25, 0.3) is 22.0 Å². The summed E-state index contributed by atoms with van der Waals surface area (Å²) >= 11 is 6.12. The van der Waals surface area contributed by atoms with Gasteiger partial charge in [-0.15, -0.1) is 0 Å². The van der Waals surface area contributed by atoms with E-state index in [1.54, 1.807) is 0 Å². The van der Waals surface area contributed by atoms with E-state index in [0.717, 1.165) is 60.3 Å². The van der Waals surface area contributed by atoms with E-state index in [2.05, 4.69) is 41.6 Å². The Morgan fingerprint density at radius 2 is 1.68 bits per heavy atom. The van der Waals surface area contributed by atoms with Crippen LogP contribution in [0.1, 0.15) is 23.0 Å². The lowest BCUT2D eigenvalue weighted by Gasteiger charge is -2.32. The molecule has 146 valence electrons. The molecular formula is C23H26ClN3O. The van der Waals surface area contributed by atoms with E-state index < -0.39 is 0 Å². The van der Waals surface area contributed by atoms with Gasteiger partial charge in [-0.2, -0.15) is 0 Å². The fourth-order valence-corrected chi connectivity index (χ4v) is 4.16. The number of halogens is 1. The number of hydrogen-bond acceptors (Lipinski definition) is 2. The first-order valence-electron chi connectivity index (χ1n) is 9.84. The van der Waals surface area contributed by atoms with Crippen LogP contribution in [0.15, 0.2) is 42.5 Å². The molecule has 0 N–H and O–H groups in total. The van der Waals surface area contributed by atoms with Gasteiger partial charge in [0.05, 0.1) is 0 Å². The minimum atomic E-state index is 0.106. The minimum Gasteiger partial charge on any atom is -0.339 e. The lowest BCUT2D eigenvalue weighted by atomic mass is 9.99. The summed E-state index contributed by atoms with van der Waals surface area (Å²) in [6.07, 6.45) is 0.965. The Kier molecular flexibility index (Phi) is 5.17. The summed E-state index contributed by atoms with van der Waals surface area (Å²) < 4.78 is 2.05. The first-order chi connectivity index (χ1) is 13.5. The molecule has 4 nitrogen and oxygen atoms in total. The van der Waals surface area contributed by atoms with Gasteiger partial charge in [0.1, 0.15) is 5.69 Å². The lowest BCUT2D eigenvalue weighted by Crippen LogP contribution is -2.47. The summed E-state index contributed by atoms with van der Waals surface area (Å²) in [6.45, 7) is 5.49. The van der Waals surface area contributed by atoms with Gasteiger partial charge in [-0.1, -0.05) is 36.7 Å². The summed E-state index contributed by atoms with van der Waals surface area (Å²) in [5, 5.41) is 1.83. The summed E-state index contributed by atoms with van der Waals surface area (Å²) in [7, 11) is 4.10. The van der Waals surface area contributed by atoms with Crippen LogP contribution >= 0.6 is 11.6 Å². The fraction of sp³-hybridized carbons (Fsp3) is 0.348. The summed E-state index contributed by atoms with van der Waals surface area (Å²) in [4.78, 5) is 17.8. The maximum absolute atomic E-state index is 13.6. The Morgan fingerprint density at radius 3 is 2.32 bits per heavy atom. The molecule has 0 bridgehead atoms. The van der Waals surface area contributed by atoms with Gasteiger partial charge < -0.3 is 14.4 Å². The van der Waals surface area contributed by atoms with E-state index in [4.69, 9.17) is 11.6 Å². The number of amides is 1. The van der Waals surface area contributed by atoms with Crippen LogP contribution in [-0.2, 0) is 13.5 Å². The van der Waals surface area contributed by atoms with Crippen molar-refractivity contribution in [1.82, 2.24) is 14.4 Å². The number of carbonyl (C=O) groups excluding carboxylic acids is 1. The minimum absolute atomic E-state index is 0.106. The molecule has 28 heavy (non-hydrogen) atoms. The van der Waals surface area contributed by atoms with Crippen molar-refractivity contribution in [1.29, 1.82) is 0 Å². The van der Waals surface area contributed by atoms with Crippen molar-refractivity contribution in [2.24, 2.45) is 7.05 Å². The average Bonchev–Trinajstić information content (AvgIpc) is 3.00. The molecule has 0 atom stereocenters. The number of aryl methyl sites for hydroxylation is 2. The molecule has 2 aromatic carbocycles. The van der Waals surface area contributed by atoms with E-state index in [0.29, 0.717) is 5.02 Å². The Labute approximate surface area is 171 Å². The highest BCUT2D eigenvalue weighted by Crippen LogP contribution is 2.36. The number of likely N-dealkylation sites (N-methyl/N-ethyl adjacent to an activating group) is 1. The number of fused-ring (bicyclic) bond motifs is 1. The zero-order valence-corrected chi connectivity index (χ0v) is 17.5. The number of carbonyl (C=O) groups is 1. The van der Waals surface area contributed by atoms with Crippen LogP contribution in [0.5, 0.6) is 0 Å². The molecule has 1 aliphatic heterocycles. The van der Waals surface area contributed by atoms with Crippen molar-refractivity contribution in [3.05, 3.63) is 58.7 Å². The zero-order chi connectivity index (χ0) is 19.8. The zero-order valence-electron chi connectivity index (χ0n) is 16.7. The number of benzene rings is 2. The Morgan fingerprint density at radius 1 is 1.00 bits per heavy atom. The molecule has 0 radical (unpaired) electrons. The largest absolute Gasteiger partial charge is 0.339 e. The topological polar surface area (TPSA) is 28.5 Å². The van der Waals surface area contributed by atoms with E-state index in [-0.39, 0.29) is 5.91 Å². The molecule has 1 saturated heterocycles. The van der Waals surface area contributed by atoms with Crippen molar-refractivity contribution in [3.63, 3.8) is 0 Å². The first-order valence-corrected chi connectivity index (χ1v) is 10.2. The molecule has 0 spiro atoms. The highest BCUT2D eigenvalue weighted by molar-refractivity contribution is 6.30. The molecule has 3 aromatic rings. The number of piperazine rings is 1. The van der Waals surface area contributed by atoms with Gasteiger partial charge in [0.25, 0.3) is 5.91 Å². The van der Waals surface area contributed by atoms with Gasteiger partial charge in [0.15, 0.2) is 0 Å². The molecular weight excluding hydrogens is 370 g/mol. The van der Waals surface area contributed by atoms with Crippen molar-refractivity contribution in [3.8, 4) is 11.1 Å². The Hall–Kier alpha value is -2.30. The predicted octanol–water partition coefficient (Wildman–Crippen LogP) is 4.45. The lowest BCUT2D eigenvalue weighted by molar-refractivity contribution is 0.0656. The van der Waals surface area contributed by atoms with Gasteiger partial charge in [-0.25, -0.2) is 0 Å². The maximum Gasteiger partial charge on any atom is 0.271 e. The molecule has 2 heterocycles. The van der Waals surface area contributed by atoms with Crippen molar-refractivity contribution in [2.75, 3.05) is 33.2 Å². The molecule has 0 saturated carbocycles. The molecule has 4 rings (SSSR count). The second-order valence-electron chi connectivity index (χ2n) is 7.59. The normalized spacial score (nSPS) is 15.4. The predicted molar refractivity (Wildman–Crippen MR) is 116 cm³/mol. The third-order valence-electron chi connectivity index (χ3n) is 5.80. The van der Waals surface area contributed by atoms with Crippen LogP contribution in [-0.4, -0.2) is 53.5 Å². The van der Waals surface area contributed by atoms with Gasteiger partial charge in [-0.3, -0.25) is 4.79 Å². The van der Waals surface area contributed by atoms with E-state index in [1.807, 2.05) is 36.2 Å². The van der Waals surface area contributed by atoms with Crippen molar-refractivity contribution in [2.45, 2.75) is 13.3 Å². The molecule has 1 aliphatic rings. The van der Waals surface area contributed by atoms with Crippen molar-refractivity contribution >= 4 is 28.4 Å². The van der Waals surface area contributed by atoms with Crippen molar-refractivity contribution < 1.29 is 4.79 Å². The standard InChI is InChI=1S/C23H26ClN3O/c1-4-16-5-10-20-19(15-16)21(17-6-8-18(24)9-7-17)22(26(20)3)23(28)27-13-11-25(2)12-14-27/h5-10,15H,4,11-14H2,1-3H3. The van der Waals surface area contributed by atoms with Crippen LogP contribution in [0.3, 0.4) is 0 Å². The van der Waals surface area contributed by atoms with E-state index >= 15 is 0 Å². The van der Waals surface area contributed by atoms with Crippen LogP contribution in [0, 0.1) is 0 Å². The second kappa shape index (κ2) is 7.61. The fourth-order valence-electron chi connectivity index (χ4n) is 4.03.